The van der Waals surface area contributed by atoms with E-state index in [-0.39, 0.29) is 10.2 Å². The van der Waals surface area contributed by atoms with Crippen molar-refractivity contribution in [2.45, 2.75) is 6.18 Å². The summed E-state index contributed by atoms with van der Waals surface area (Å²) in [5.41, 5.74) is 0.362. The van der Waals surface area contributed by atoms with Gasteiger partial charge in [0.15, 0.2) is 0 Å². The Balaban J connectivity index is 3.13. The number of nitrogens with two attached hydrogens (primary N) is 1. The van der Waals surface area contributed by atoms with Crippen molar-refractivity contribution in [1.82, 2.24) is 5.43 Å². The third-order valence-electron chi connectivity index (χ3n) is 1.67. The first-order valence-electron chi connectivity index (χ1n) is 3.99. The molecule has 8 heteroatoms. The minimum atomic E-state index is -4.55. The van der Waals surface area contributed by atoms with Crippen LogP contribution in [0.2, 0.25) is 0 Å². The van der Waals surface area contributed by atoms with E-state index in [0.29, 0.717) is 0 Å². The van der Waals surface area contributed by atoms with E-state index in [1.807, 2.05) is 5.32 Å². The molecule has 0 aliphatic rings. The molecule has 4 N–H and O–H groups in total. The highest BCUT2D eigenvalue weighted by atomic mass is 79.9. The van der Waals surface area contributed by atoms with Crippen LogP contribution in [0.1, 0.15) is 5.56 Å². The quantitative estimate of drug-likeness (QED) is 0.423. The van der Waals surface area contributed by atoms with Gasteiger partial charge in [0.2, 0.25) is 0 Å². The van der Waals surface area contributed by atoms with Crippen LogP contribution in [-0.2, 0) is 6.18 Å². The van der Waals surface area contributed by atoms with Crippen molar-refractivity contribution in [3.05, 3.63) is 28.2 Å². The summed E-state index contributed by atoms with van der Waals surface area (Å²) in [6.45, 7) is 0. The highest BCUT2D eigenvalue weighted by Gasteiger charge is 2.34. The van der Waals surface area contributed by atoms with Gasteiger partial charge >= 0.3 is 12.2 Å². The number of urea groups is 1. The van der Waals surface area contributed by atoms with Crippen molar-refractivity contribution in [3.63, 3.8) is 0 Å². The SMILES string of the molecule is NNC(=O)Nc1ccc(Br)cc1C(F)(F)F. The third kappa shape index (κ3) is 3.11. The van der Waals surface area contributed by atoms with Crippen molar-refractivity contribution in [3.8, 4) is 0 Å². The lowest BCUT2D eigenvalue weighted by atomic mass is 10.1. The normalized spacial score (nSPS) is 11.1. The second-order valence-corrected chi connectivity index (χ2v) is 3.70. The van der Waals surface area contributed by atoms with Gasteiger partial charge in [0.05, 0.1) is 11.3 Å². The Labute approximate surface area is 97.1 Å². The lowest BCUT2D eigenvalue weighted by molar-refractivity contribution is -0.136. The second kappa shape index (κ2) is 4.71. The minimum Gasteiger partial charge on any atom is -0.306 e. The molecule has 16 heavy (non-hydrogen) atoms. The van der Waals surface area contributed by atoms with Crippen molar-refractivity contribution in [2.24, 2.45) is 5.84 Å². The average Bonchev–Trinajstić information content (AvgIpc) is 2.19. The Morgan fingerprint density at radius 3 is 2.50 bits per heavy atom. The van der Waals surface area contributed by atoms with Crippen LogP contribution in [-0.4, -0.2) is 6.03 Å². The smallest absolute Gasteiger partial charge is 0.306 e. The zero-order valence-corrected chi connectivity index (χ0v) is 9.32. The Bertz CT molecular complexity index is 408. The first-order chi connectivity index (χ1) is 7.34. The first-order valence-corrected chi connectivity index (χ1v) is 4.78. The number of carbonyl (C=O) groups excluding carboxylic acids is 1. The fourth-order valence-corrected chi connectivity index (χ4v) is 1.38. The van der Waals surface area contributed by atoms with Gasteiger partial charge in [-0.25, -0.2) is 10.6 Å². The van der Waals surface area contributed by atoms with Gasteiger partial charge in [0.1, 0.15) is 0 Å². The summed E-state index contributed by atoms with van der Waals surface area (Å²) < 4.78 is 37.9. The number of halogens is 4. The average molecular weight is 298 g/mol. The number of hydrazine groups is 1. The summed E-state index contributed by atoms with van der Waals surface area (Å²) in [6, 6.07) is 2.45. The van der Waals surface area contributed by atoms with Gasteiger partial charge < -0.3 is 5.32 Å². The summed E-state index contributed by atoms with van der Waals surface area (Å²) in [7, 11) is 0. The molecule has 0 aromatic heterocycles. The zero-order chi connectivity index (χ0) is 12.3. The standard InChI is InChI=1S/C8H7BrF3N3O/c9-4-1-2-6(14-7(16)15-13)5(3-4)8(10,11)12/h1-3H,13H2,(H2,14,15,16). The molecule has 0 spiro atoms. The Morgan fingerprint density at radius 1 is 1.38 bits per heavy atom. The van der Waals surface area contributed by atoms with E-state index in [1.54, 1.807) is 5.43 Å². The van der Waals surface area contributed by atoms with Gasteiger partial charge in [0, 0.05) is 4.47 Å². The second-order valence-electron chi connectivity index (χ2n) is 2.79. The zero-order valence-electron chi connectivity index (χ0n) is 7.73. The molecule has 4 nitrogen and oxygen atoms in total. The highest BCUT2D eigenvalue weighted by molar-refractivity contribution is 9.10. The van der Waals surface area contributed by atoms with Gasteiger partial charge in [-0.15, -0.1) is 0 Å². The highest BCUT2D eigenvalue weighted by Crippen LogP contribution is 2.36. The van der Waals surface area contributed by atoms with Crippen LogP contribution < -0.4 is 16.6 Å². The van der Waals surface area contributed by atoms with E-state index in [9.17, 15) is 18.0 Å². The molecule has 0 heterocycles. The molecule has 0 unspecified atom stereocenters. The van der Waals surface area contributed by atoms with Gasteiger partial charge in [-0.3, -0.25) is 5.43 Å². The molecule has 0 aliphatic heterocycles. The van der Waals surface area contributed by atoms with Crippen molar-refractivity contribution >= 4 is 27.6 Å². The summed E-state index contributed by atoms with van der Waals surface area (Å²) in [5.74, 6) is 4.76. The molecular weight excluding hydrogens is 291 g/mol. The molecule has 2 amide bonds. The molecule has 1 rings (SSSR count). The lowest BCUT2D eigenvalue weighted by Gasteiger charge is -2.13. The topological polar surface area (TPSA) is 67.1 Å². The van der Waals surface area contributed by atoms with E-state index in [2.05, 4.69) is 15.9 Å². The van der Waals surface area contributed by atoms with Crippen LogP contribution >= 0.6 is 15.9 Å². The number of nitrogens with one attached hydrogen (secondary N) is 2. The Kier molecular flexibility index (Phi) is 3.76. The summed E-state index contributed by atoms with van der Waals surface area (Å²) >= 11 is 2.92. The van der Waals surface area contributed by atoms with E-state index in [1.165, 1.54) is 6.07 Å². The molecule has 88 valence electrons. The molecule has 0 atom stereocenters. The van der Waals surface area contributed by atoms with Gasteiger partial charge in [-0.2, -0.15) is 13.2 Å². The van der Waals surface area contributed by atoms with Crippen LogP contribution in [0.5, 0.6) is 0 Å². The number of anilines is 1. The number of hydrogen-bond acceptors (Lipinski definition) is 2. The van der Waals surface area contributed by atoms with E-state index in [4.69, 9.17) is 5.84 Å². The first kappa shape index (κ1) is 12.8. The summed E-state index contributed by atoms with van der Waals surface area (Å²) in [4.78, 5) is 10.8. The minimum absolute atomic E-state index is 0.263. The van der Waals surface area contributed by atoms with Crippen LogP contribution in [0.15, 0.2) is 22.7 Å². The van der Waals surface area contributed by atoms with Crippen LogP contribution in [0.25, 0.3) is 0 Å². The predicted octanol–water partition coefficient (Wildman–Crippen LogP) is 2.46. The Morgan fingerprint density at radius 2 is 2.00 bits per heavy atom. The molecule has 0 fully saturated rings. The summed E-state index contributed by atoms with van der Waals surface area (Å²) in [6.07, 6.45) is -4.55. The van der Waals surface area contributed by atoms with Crippen LogP contribution in [0, 0.1) is 0 Å². The monoisotopic (exact) mass is 297 g/mol. The molecule has 0 aliphatic carbocycles. The predicted molar refractivity (Wildman–Crippen MR) is 55.5 cm³/mol. The number of rotatable bonds is 1. The summed E-state index contributed by atoms with van der Waals surface area (Å²) in [5, 5.41) is 1.98. The number of alkyl halides is 3. The van der Waals surface area contributed by atoms with Gasteiger partial charge in [-0.05, 0) is 18.2 Å². The largest absolute Gasteiger partial charge is 0.418 e. The maximum Gasteiger partial charge on any atom is 0.418 e. The number of benzene rings is 1. The van der Waals surface area contributed by atoms with Crippen molar-refractivity contribution in [2.75, 3.05) is 5.32 Å². The van der Waals surface area contributed by atoms with E-state index < -0.39 is 17.8 Å². The van der Waals surface area contributed by atoms with Crippen molar-refractivity contribution < 1.29 is 18.0 Å². The Hall–Kier alpha value is -1.28. The maximum atomic E-state index is 12.6. The lowest BCUT2D eigenvalue weighted by Crippen LogP contribution is -2.34. The van der Waals surface area contributed by atoms with E-state index in [0.717, 1.165) is 12.1 Å². The number of hydrogen-bond donors (Lipinski definition) is 3. The van der Waals surface area contributed by atoms with Crippen LogP contribution in [0.4, 0.5) is 23.7 Å². The van der Waals surface area contributed by atoms with Gasteiger partial charge in [-0.1, -0.05) is 15.9 Å². The fraction of sp³-hybridized carbons (Fsp3) is 0.125. The van der Waals surface area contributed by atoms with Crippen molar-refractivity contribution in [1.29, 1.82) is 0 Å². The van der Waals surface area contributed by atoms with Crippen LogP contribution in [0.3, 0.4) is 0 Å². The van der Waals surface area contributed by atoms with Gasteiger partial charge in [0.25, 0.3) is 0 Å². The molecule has 0 saturated heterocycles. The fourth-order valence-electron chi connectivity index (χ4n) is 1.02. The maximum absolute atomic E-state index is 12.6. The number of amides is 2. The molecule has 0 saturated carbocycles. The molecule has 1 aromatic rings. The molecule has 0 radical (unpaired) electrons. The number of carbonyl (C=O) groups is 1. The molecule has 1 aromatic carbocycles. The molecule has 0 bridgehead atoms. The van der Waals surface area contributed by atoms with E-state index >= 15 is 0 Å². The third-order valence-corrected chi connectivity index (χ3v) is 2.16. The molecular formula is C8H7BrF3N3O.